The highest BCUT2D eigenvalue weighted by molar-refractivity contribution is 4.92. The van der Waals surface area contributed by atoms with Crippen LogP contribution in [-0.4, -0.2) is 42.3 Å². The Bertz CT molecular complexity index is 200. The SMILES string of the molecule is CC(C)(N)CN1CCC[C@H]2OCC[C@H]21. The Balaban J connectivity index is 1.97. The molecule has 0 aromatic rings. The number of nitrogens with two attached hydrogens (primary N) is 1. The Hall–Kier alpha value is -0.120. The van der Waals surface area contributed by atoms with Crippen molar-refractivity contribution in [3.63, 3.8) is 0 Å². The van der Waals surface area contributed by atoms with Gasteiger partial charge in [0, 0.05) is 24.7 Å². The molecule has 2 atom stereocenters. The van der Waals surface area contributed by atoms with Crippen LogP contribution >= 0.6 is 0 Å². The minimum absolute atomic E-state index is 0.0789. The van der Waals surface area contributed by atoms with Gasteiger partial charge in [0.25, 0.3) is 0 Å². The number of hydrogen-bond donors (Lipinski definition) is 1. The van der Waals surface area contributed by atoms with Crippen molar-refractivity contribution >= 4 is 0 Å². The Labute approximate surface area is 86.6 Å². The molecule has 3 heteroatoms. The summed E-state index contributed by atoms with van der Waals surface area (Å²) in [5.74, 6) is 0. The maximum atomic E-state index is 6.07. The van der Waals surface area contributed by atoms with Crippen molar-refractivity contribution in [1.29, 1.82) is 0 Å². The quantitative estimate of drug-likeness (QED) is 0.719. The first-order valence-electron chi connectivity index (χ1n) is 5.71. The molecule has 0 unspecified atom stereocenters. The van der Waals surface area contributed by atoms with Crippen LogP contribution in [0.4, 0.5) is 0 Å². The van der Waals surface area contributed by atoms with Crippen LogP contribution in [0, 0.1) is 0 Å². The highest BCUT2D eigenvalue weighted by atomic mass is 16.5. The van der Waals surface area contributed by atoms with Crippen molar-refractivity contribution in [3.05, 3.63) is 0 Å². The van der Waals surface area contributed by atoms with Gasteiger partial charge in [-0.1, -0.05) is 0 Å². The first-order valence-corrected chi connectivity index (χ1v) is 5.71. The van der Waals surface area contributed by atoms with E-state index in [1.807, 2.05) is 0 Å². The second kappa shape index (κ2) is 3.80. The molecule has 2 aliphatic heterocycles. The van der Waals surface area contributed by atoms with E-state index in [2.05, 4.69) is 18.7 Å². The maximum absolute atomic E-state index is 6.07. The van der Waals surface area contributed by atoms with Crippen LogP contribution in [0.25, 0.3) is 0 Å². The molecule has 82 valence electrons. The highest BCUT2D eigenvalue weighted by Gasteiger charge is 2.37. The van der Waals surface area contributed by atoms with E-state index in [0.29, 0.717) is 12.1 Å². The molecule has 0 aliphatic carbocycles. The zero-order chi connectivity index (χ0) is 10.2. The van der Waals surface area contributed by atoms with Gasteiger partial charge in [-0.05, 0) is 39.7 Å². The van der Waals surface area contributed by atoms with Crippen LogP contribution in [0.1, 0.15) is 33.1 Å². The number of hydrogen-bond acceptors (Lipinski definition) is 3. The Morgan fingerprint density at radius 3 is 2.93 bits per heavy atom. The first kappa shape index (κ1) is 10.4. The fourth-order valence-electron chi connectivity index (χ4n) is 2.71. The van der Waals surface area contributed by atoms with E-state index in [1.54, 1.807) is 0 Å². The fourth-order valence-corrected chi connectivity index (χ4v) is 2.71. The molecular weight excluding hydrogens is 176 g/mol. The van der Waals surface area contributed by atoms with Gasteiger partial charge in [0.05, 0.1) is 6.10 Å². The van der Waals surface area contributed by atoms with Crippen LogP contribution in [0.2, 0.25) is 0 Å². The molecule has 0 amide bonds. The highest BCUT2D eigenvalue weighted by Crippen LogP contribution is 2.28. The lowest BCUT2D eigenvalue weighted by atomic mass is 9.96. The van der Waals surface area contributed by atoms with Crippen LogP contribution in [0.3, 0.4) is 0 Å². The second-order valence-corrected chi connectivity index (χ2v) is 5.37. The van der Waals surface area contributed by atoms with Crippen LogP contribution < -0.4 is 5.73 Å². The predicted molar refractivity (Wildman–Crippen MR) is 57.2 cm³/mol. The minimum Gasteiger partial charge on any atom is -0.377 e. The largest absolute Gasteiger partial charge is 0.377 e. The van der Waals surface area contributed by atoms with Gasteiger partial charge in [-0.15, -0.1) is 0 Å². The molecule has 0 aromatic heterocycles. The van der Waals surface area contributed by atoms with Gasteiger partial charge in [-0.2, -0.15) is 0 Å². The van der Waals surface area contributed by atoms with Crippen molar-refractivity contribution < 1.29 is 4.74 Å². The number of likely N-dealkylation sites (tertiary alicyclic amines) is 1. The van der Waals surface area contributed by atoms with Gasteiger partial charge in [0.2, 0.25) is 0 Å². The van der Waals surface area contributed by atoms with Gasteiger partial charge in [0.15, 0.2) is 0 Å². The van der Waals surface area contributed by atoms with Gasteiger partial charge in [0.1, 0.15) is 0 Å². The van der Waals surface area contributed by atoms with E-state index in [0.717, 1.165) is 13.2 Å². The summed E-state index contributed by atoms with van der Waals surface area (Å²) in [5, 5.41) is 0. The van der Waals surface area contributed by atoms with Gasteiger partial charge in [-0.3, -0.25) is 4.90 Å². The lowest BCUT2D eigenvalue weighted by Gasteiger charge is -2.39. The summed E-state index contributed by atoms with van der Waals surface area (Å²) in [7, 11) is 0. The summed E-state index contributed by atoms with van der Waals surface area (Å²) in [5.41, 5.74) is 5.99. The standard InChI is InChI=1S/C11H22N2O/c1-11(2,12)8-13-6-3-4-10-9(13)5-7-14-10/h9-10H,3-8,12H2,1-2H3/t9-,10-/m1/s1. The van der Waals surface area contributed by atoms with Gasteiger partial charge >= 0.3 is 0 Å². The molecule has 2 rings (SSSR count). The molecule has 14 heavy (non-hydrogen) atoms. The fraction of sp³-hybridized carbons (Fsp3) is 1.00. The normalized spacial score (nSPS) is 34.5. The van der Waals surface area contributed by atoms with E-state index >= 15 is 0 Å². The van der Waals surface area contributed by atoms with Crippen molar-refractivity contribution in [3.8, 4) is 0 Å². The zero-order valence-corrected chi connectivity index (χ0v) is 9.33. The van der Waals surface area contributed by atoms with Gasteiger partial charge in [-0.25, -0.2) is 0 Å². The molecule has 2 fully saturated rings. The van der Waals surface area contributed by atoms with Crippen molar-refractivity contribution in [2.45, 2.75) is 50.8 Å². The van der Waals surface area contributed by atoms with Gasteiger partial charge < -0.3 is 10.5 Å². The minimum atomic E-state index is -0.0789. The molecule has 0 spiro atoms. The van der Waals surface area contributed by atoms with E-state index in [9.17, 15) is 0 Å². The lowest BCUT2D eigenvalue weighted by Crippen LogP contribution is -2.53. The number of piperidine rings is 1. The molecule has 0 radical (unpaired) electrons. The summed E-state index contributed by atoms with van der Waals surface area (Å²) < 4.78 is 5.72. The van der Waals surface area contributed by atoms with E-state index in [-0.39, 0.29) is 5.54 Å². The third-order valence-electron chi connectivity index (χ3n) is 3.19. The number of ether oxygens (including phenoxy) is 1. The molecule has 0 aromatic carbocycles. The number of rotatable bonds is 2. The molecule has 2 N–H and O–H groups in total. The molecule has 2 saturated heterocycles. The smallest absolute Gasteiger partial charge is 0.0731 e. The van der Waals surface area contributed by atoms with E-state index in [4.69, 9.17) is 10.5 Å². The Kier molecular flexibility index (Phi) is 2.82. The molecule has 2 aliphatic rings. The van der Waals surface area contributed by atoms with Crippen molar-refractivity contribution in [2.24, 2.45) is 5.73 Å². The van der Waals surface area contributed by atoms with E-state index in [1.165, 1.54) is 25.8 Å². The Morgan fingerprint density at radius 1 is 1.43 bits per heavy atom. The summed E-state index contributed by atoms with van der Waals surface area (Å²) >= 11 is 0. The monoisotopic (exact) mass is 198 g/mol. The second-order valence-electron chi connectivity index (χ2n) is 5.37. The predicted octanol–water partition coefficient (Wildman–Crippen LogP) is 0.977. The third kappa shape index (κ3) is 2.27. The first-order chi connectivity index (χ1) is 6.56. The summed E-state index contributed by atoms with van der Waals surface area (Å²) in [6.45, 7) is 7.35. The van der Waals surface area contributed by atoms with Crippen LogP contribution in [0.5, 0.6) is 0 Å². The molecule has 0 saturated carbocycles. The molecule has 2 heterocycles. The molecule has 0 bridgehead atoms. The Morgan fingerprint density at radius 2 is 2.21 bits per heavy atom. The van der Waals surface area contributed by atoms with Crippen molar-refractivity contribution in [2.75, 3.05) is 19.7 Å². The maximum Gasteiger partial charge on any atom is 0.0731 e. The average Bonchev–Trinajstić information content (AvgIpc) is 2.49. The summed E-state index contributed by atoms with van der Waals surface area (Å²) in [6, 6.07) is 0.645. The van der Waals surface area contributed by atoms with E-state index < -0.39 is 0 Å². The van der Waals surface area contributed by atoms with Crippen LogP contribution in [0.15, 0.2) is 0 Å². The molecule has 3 nitrogen and oxygen atoms in total. The zero-order valence-electron chi connectivity index (χ0n) is 9.33. The summed E-state index contributed by atoms with van der Waals surface area (Å²) in [4.78, 5) is 2.53. The van der Waals surface area contributed by atoms with Crippen molar-refractivity contribution in [1.82, 2.24) is 4.90 Å². The lowest BCUT2D eigenvalue weighted by molar-refractivity contribution is 0.0199. The van der Waals surface area contributed by atoms with Crippen LogP contribution in [-0.2, 0) is 4.74 Å². The topological polar surface area (TPSA) is 38.5 Å². The molecular formula is C11H22N2O. The average molecular weight is 198 g/mol. The number of fused-ring (bicyclic) bond motifs is 1. The third-order valence-corrected chi connectivity index (χ3v) is 3.19. The summed E-state index contributed by atoms with van der Waals surface area (Å²) in [6.07, 6.45) is 4.19. The number of nitrogens with zero attached hydrogens (tertiary/aromatic N) is 1.